The molecule has 106 valence electrons. The van der Waals surface area contributed by atoms with Crippen molar-refractivity contribution in [2.24, 2.45) is 5.92 Å². The van der Waals surface area contributed by atoms with Crippen molar-refractivity contribution in [2.75, 3.05) is 7.11 Å². The number of hydrogen-bond donors (Lipinski definition) is 1. The van der Waals surface area contributed by atoms with Gasteiger partial charge in [-0.25, -0.2) is 4.79 Å². The number of hydrogen-bond acceptors (Lipinski definition) is 3. The number of esters is 1. The van der Waals surface area contributed by atoms with Gasteiger partial charge in [0.15, 0.2) is 0 Å². The summed E-state index contributed by atoms with van der Waals surface area (Å²) in [5.74, 6) is -0.388. The van der Waals surface area contributed by atoms with Gasteiger partial charge in [-0.2, -0.15) is 0 Å². The molecule has 0 heterocycles. The minimum Gasteiger partial charge on any atom is -0.467 e. The lowest BCUT2D eigenvalue weighted by Crippen LogP contribution is -2.44. The summed E-state index contributed by atoms with van der Waals surface area (Å²) in [5.41, 5.74) is 0. The Kier molecular flexibility index (Phi) is 9.33. The Balaban J connectivity index is 3.92. The maximum Gasteiger partial charge on any atom is 0.328 e. The lowest BCUT2D eigenvalue weighted by molar-refractivity contribution is -0.146. The molecule has 0 radical (unpaired) electrons. The van der Waals surface area contributed by atoms with Gasteiger partial charge in [0.25, 0.3) is 0 Å². The van der Waals surface area contributed by atoms with Crippen LogP contribution in [0.3, 0.4) is 0 Å². The third-order valence-electron chi connectivity index (χ3n) is 2.95. The zero-order valence-electron chi connectivity index (χ0n) is 12.1. The van der Waals surface area contributed by atoms with E-state index in [1.54, 1.807) is 0 Å². The summed E-state index contributed by atoms with van der Waals surface area (Å²) < 4.78 is 4.68. The highest BCUT2D eigenvalue weighted by Crippen LogP contribution is 2.07. The lowest BCUT2D eigenvalue weighted by Gasteiger charge is -2.19. The second-order valence-electron chi connectivity index (χ2n) is 4.98. The van der Waals surface area contributed by atoms with E-state index < -0.39 is 6.04 Å². The van der Waals surface area contributed by atoms with Crippen LogP contribution in [0.2, 0.25) is 0 Å². The van der Waals surface area contributed by atoms with Crippen molar-refractivity contribution in [3.8, 4) is 0 Å². The van der Waals surface area contributed by atoms with Crippen LogP contribution in [0.15, 0.2) is 0 Å². The monoisotopic (exact) mass is 257 g/mol. The molecular formula is C14H27NO3. The van der Waals surface area contributed by atoms with Crippen LogP contribution >= 0.6 is 0 Å². The van der Waals surface area contributed by atoms with Gasteiger partial charge in [0.1, 0.15) is 6.04 Å². The molecule has 0 saturated heterocycles. The molecule has 0 aromatic rings. The normalized spacial score (nSPS) is 12.3. The standard InChI is InChI=1S/C14H27NO3/c1-5-6-7-8-9-10-12(16)15-13(11(2)3)14(17)18-4/h11,13H,5-10H2,1-4H3,(H,15,16)/t13-/m0/s1. The summed E-state index contributed by atoms with van der Waals surface area (Å²) in [7, 11) is 1.34. The third-order valence-corrected chi connectivity index (χ3v) is 2.95. The smallest absolute Gasteiger partial charge is 0.328 e. The molecule has 0 spiro atoms. The molecule has 0 bridgehead atoms. The first-order valence-electron chi connectivity index (χ1n) is 6.90. The Bertz CT molecular complexity index is 251. The summed E-state index contributed by atoms with van der Waals surface area (Å²) in [6, 6.07) is -0.529. The van der Waals surface area contributed by atoms with Gasteiger partial charge in [-0.15, -0.1) is 0 Å². The number of methoxy groups -OCH3 is 1. The maximum absolute atomic E-state index is 11.7. The molecule has 0 aliphatic heterocycles. The fourth-order valence-corrected chi connectivity index (χ4v) is 1.76. The van der Waals surface area contributed by atoms with Gasteiger partial charge < -0.3 is 10.1 Å². The molecular weight excluding hydrogens is 230 g/mol. The van der Waals surface area contributed by atoms with Crippen molar-refractivity contribution in [3.05, 3.63) is 0 Å². The maximum atomic E-state index is 11.7. The summed E-state index contributed by atoms with van der Waals surface area (Å²) >= 11 is 0. The van der Waals surface area contributed by atoms with Crippen molar-refractivity contribution in [1.82, 2.24) is 5.32 Å². The highest BCUT2D eigenvalue weighted by Gasteiger charge is 2.24. The SMILES string of the molecule is CCCCCCCC(=O)N[C@H](C(=O)OC)C(C)C. The van der Waals surface area contributed by atoms with E-state index in [2.05, 4.69) is 17.0 Å². The van der Waals surface area contributed by atoms with Gasteiger partial charge in [-0.3, -0.25) is 4.79 Å². The first-order valence-corrected chi connectivity index (χ1v) is 6.90. The van der Waals surface area contributed by atoms with Crippen molar-refractivity contribution in [3.63, 3.8) is 0 Å². The van der Waals surface area contributed by atoms with Crippen LogP contribution in [0.1, 0.15) is 59.3 Å². The molecule has 1 atom stereocenters. The van der Waals surface area contributed by atoms with E-state index in [0.29, 0.717) is 6.42 Å². The summed E-state index contributed by atoms with van der Waals surface area (Å²) in [6.45, 7) is 5.95. The Morgan fingerprint density at radius 1 is 1.11 bits per heavy atom. The van der Waals surface area contributed by atoms with Crippen LogP contribution in [-0.4, -0.2) is 25.0 Å². The van der Waals surface area contributed by atoms with Crippen LogP contribution in [-0.2, 0) is 14.3 Å². The molecule has 4 nitrogen and oxygen atoms in total. The highest BCUT2D eigenvalue weighted by molar-refractivity contribution is 5.84. The zero-order valence-corrected chi connectivity index (χ0v) is 12.1. The predicted molar refractivity (Wildman–Crippen MR) is 72.2 cm³/mol. The van der Waals surface area contributed by atoms with Crippen LogP contribution < -0.4 is 5.32 Å². The summed E-state index contributed by atoms with van der Waals surface area (Å²) in [6.07, 6.45) is 6.05. The zero-order chi connectivity index (χ0) is 14.0. The Labute approximate surface area is 110 Å². The Morgan fingerprint density at radius 2 is 1.72 bits per heavy atom. The molecule has 0 unspecified atom stereocenters. The summed E-state index contributed by atoms with van der Waals surface area (Å²) in [5, 5.41) is 2.74. The fraction of sp³-hybridized carbons (Fsp3) is 0.857. The molecule has 0 aromatic heterocycles. The van der Waals surface area contributed by atoms with Crippen molar-refractivity contribution >= 4 is 11.9 Å². The average molecular weight is 257 g/mol. The molecule has 18 heavy (non-hydrogen) atoms. The van der Waals surface area contributed by atoms with E-state index in [1.165, 1.54) is 26.4 Å². The Hall–Kier alpha value is -1.06. The van der Waals surface area contributed by atoms with Crippen LogP contribution in [0.25, 0.3) is 0 Å². The first-order chi connectivity index (χ1) is 8.52. The minimum absolute atomic E-state index is 0.0430. The number of carbonyl (C=O) groups is 2. The fourth-order valence-electron chi connectivity index (χ4n) is 1.76. The quantitative estimate of drug-likeness (QED) is 0.510. The second kappa shape index (κ2) is 9.92. The van der Waals surface area contributed by atoms with Gasteiger partial charge in [-0.05, 0) is 12.3 Å². The van der Waals surface area contributed by atoms with E-state index in [9.17, 15) is 9.59 Å². The first kappa shape index (κ1) is 16.9. The molecule has 1 amide bonds. The molecule has 0 aliphatic carbocycles. The van der Waals surface area contributed by atoms with Crippen LogP contribution in [0.4, 0.5) is 0 Å². The molecule has 1 N–H and O–H groups in total. The van der Waals surface area contributed by atoms with Crippen molar-refractivity contribution in [1.29, 1.82) is 0 Å². The van der Waals surface area contributed by atoms with Gasteiger partial charge in [0.2, 0.25) is 5.91 Å². The predicted octanol–water partition coefficient (Wildman–Crippen LogP) is 2.66. The van der Waals surface area contributed by atoms with E-state index >= 15 is 0 Å². The second-order valence-corrected chi connectivity index (χ2v) is 4.98. The third kappa shape index (κ3) is 7.30. The van der Waals surface area contributed by atoms with Gasteiger partial charge in [-0.1, -0.05) is 46.5 Å². The number of carbonyl (C=O) groups excluding carboxylic acids is 2. The van der Waals surface area contributed by atoms with Gasteiger partial charge in [0, 0.05) is 6.42 Å². The number of ether oxygens (including phenoxy) is 1. The molecule has 0 fully saturated rings. The molecule has 0 saturated carbocycles. The van der Waals surface area contributed by atoms with Crippen molar-refractivity contribution in [2.45, 2.75) is 65.3 Å². The highest BCUT2D eigenvalue weighted by atomic mass is 16.5. The van der Waals surface area contributed by atoms with Gasteiger partial charge in [0.05, 0.1) is 7.11 Å². The van der Waals surface area contributed by atoms with E-state index in [4.69, 9.17) is 0 Å². The molecule has 0 aliphatic rings. The minimum atomic E-state index is -0.529. The largest absolute Gasteiger partial charge is 0.467 e. The van der Waals surface area contributed by atoms with E-state index in [1.807, 2.05) is 13.8 Å². The molecule has 4 heteroatoms. The average Bonchev–Trinajstić information content (AvgIpc) is 2.34. The van der Waals surface area contributed by atoms with Crippen LogP contribution in [0.5, 0.6) is 0 Å². The van der Waals surface area contributed by atoms with Crippen molar-refractivity contribution < 1.29 is 14.3 Å². The van der Waals surface area contributed by atoms with Gasteiger partial charge >= 0.3 is 5.97 Å². The number of rotatable bonds is 9. The van der Waals surface area contributed by atoms with E-state index in [-0.39, 0.29) is 17.8 Å². The summed E-state index contributed by atoms with van der Waals surface area (Å²) in [4.78, 5) is 23.2. The van der Waals surface area contributed by atoms with Crippen LogP contribution in [0, 0.1) is 5.92 Å². The number of nitrogens with one attached hydrogen (secondary N) is 1. The topological polar surface area (TPSA) is 55.4 Å². The number of unbranched alkanes of at least 4 members (excludes halogenated alkanes) is 4. The number of amides is 1. The lowest BCUT2D eigenvalue weighted by atomic mass is 10.0. The van der Waals surface area contributed by atoms with E-state index in [0.717, 1.165) is 12.8 Å². The Morgan fingerprint density at radius 3 is 2.22 bits per heavy atom. The molecule has 0 rings (SSSR count). The molecule has 0 aromatic carbocycles.